The minimum absolute atomic E-state index is 0.0184. The first kappa shape index (κ1) is 34.2. The van der Waals surface area contributed by atoms with Gasteiger partial charge in [-0.1, -0.05) is 106 Å². The molecule has 0 aliphatic heterocycles. The van der Waals surface area contributed by atoms with Crippen molar-refractivity contribution in [2.24, 2.45) is 0 Å². The molecule has 0 bridgehead atoms. The van der Waals surface area contributed by atoms with E-state index in [4.69, 9.17) is 18.9 Å². The first-order chi connectivity index (χ1) is 20.6. The second-order valence-corrected chi connectivity index (χ2v) is 11.6. The molecule has 3 rings (SSSR count). The van der Waals surface area contributed by atoms with Gasteiger partial charge in [-0.15, -0.1) is 0 Å². The number of hydrogen-bond acceptors (Lipinski definition) is 6. The van der Waals surface area contributed by atoms with E-state index in [9.17, 15) is 4.79 Å². The number of benzene rings is 2. The van der Waals surface area contributed by atoms with Gasteiger partial charge in [0.25, 0.3) is 0 Å². The summed E-state index contributed by atoms with van der Waals surface area (Å²) in [5.74, 6) is -0.0878. The summed E-state index contributed by atoms with van der Waals surface area (Å²) in [5, 5.41) is 0. The molecule has 1 saturated carbocycles. The van der Waals surface area contributed by atoms with Crippen LogP contribution in [0.2, 0.25) is 0 Å². The van der Waals surface area contributed by atoms with E-state index in [0.29, 0.717) is 26.2 Å². The molecule has 0 saturated heterocycles. The number of esters is 1. The van der Waals surface area contributed by atoms with Crippen LogP contribution < -0.4 is 0 Å². The van der Waals surface area contributed by atoms with Gasteiger partial charge in [0, 0.05) is 19.4 Å². The lowest BCUT2D eigenvalue weighted by Gasteiger charge is -2.34. The summed E-state index contributed by atoms with van der Waals surface area (Å²) >= 11 is 0. The lowest BCUT2D eigenvalue weighted by Crippen LogP contribution is -2.48. The van der Waals surface area contributed by atoms with Gasteiger partial charge in [-0.25, -0.2) is 0 Å². The number of carbonyl (C=O) groups excluding carboxylic acids is 1. The lowest BCUT2D eigenvalue weighted by atomic mass is 10.1. The zero-order valence-electron chi connectivity index (χ0n) is 26.4. The smallest absolute Gasteiger partial charge is 0.305 e. The molecule has 2 aromatic carbocycles. The molecule has 4 atom stereocenters. The van der Waals surface area contributed by atoms with Crippen LogP contribution in [0.15, 0.2) is 60.7 Å². The molecule has 0 heterocycles. The van der Waals surface area contributed by atoms with Crippen LogP contribution in [0.3, 0.4) is 0 Å². The summed E-state index contributed by atoms with van der Waals surface area (Å²) in [4.78, 5) is 14.1. The fourth-order valence-corrected chi connectivity index (χ4v) is 5.85. The molecule has 1 aliphatic rings. The predicted molar refractivity (Wildman–Crippen MR) is 169 cm³/mol. The van der Waals surface area contributed by atoms with Crippen molar-refractivity contribution in [3.8, 4) is 0 Å². The molecule has 42 heavy (non-hydrogen) atoms. The molecule has 0 spiro atoms. The summed E-state index contributed by atoms with van der Waals surface area (Å²) < 4.78 is 25.0. The van der Waals surface area contributed by atoms with Crippen molar-refractivity contribution in [2.75, 3.05) is 26.8 Å². The van der Waals surface area contributed by atoms with E-state index < -0.39 is 0 Å². The summed E-state index contributed by atoms with van der Waals surface area (Å²) in [7, 11) is 2.21. The van der Waals surface area contributed by atoms with Crippen molar-refractivity contribution >= 4 is 5.97 Å². The molecular weight excluding hydrogens is 526 g/mol. The number of likely N-dealkylation sites (N-methyl/N-ethyl adjacent to an activating group) is 1. The van der Waals surface area contributed by atoms with Gasteiger partial charge in [0.05, 0.1) is 38.1 Å². The minimum atomic E-state index is -0.0878. The number of nitrogens with zero attached hydrogens (tertiary/aromatic N) is 1. The van der Waals surface area contributed by atoms with Gasteiger partial charge in [-0.3, -0.25) is 9.69 Å². The average molecular weight is 582 g/mol. The third kappa shape index (κ3) is 12.5. The molecule has 0 amide bonds. The van der Waals surface area contributed by atoms with Crippen LogP contribution in [0, 0.1) is 0 Å². The normalized spacial score (nSPS) is 20.3. The first-order valence-corrected chi connectivity index (χ1v) is 16.4. The third-order valence-corrected chi connectivity index (χ3v) is 8.18. The molecule has 0 unspecified atom stereocenters. The van der Waals surface area contributed by atoms with Gasteiger partial charge < -0.3 is 18.9 Å². The third-order valence-electron chi connectivity index (χ3n) is 8.18. The van der Waals surface area contributed by atoms with Crippen LogP contribution in [-0.4, -0.2) is 62.0 Å². The Bertz CT molecular complexity index is 956. The average Bonchev–Trinajstić information content (AvgIpc) is 3.36. The number of carbonyl (C=O) groups is 1. The van der Waals surface area contributed by atoms with Crippen molar-refractivity contribution < 1.29 is 23.7 Å². The van der Waals surface area contributed by atoms with E-state index in [1.165, 1.54) is 36.8 Å². The number of unbranched alkanes of at least 4 members (excludes halogenated alkanes) is 7. The Kier molecular flexibility index (Phi) is 16.8. The standard InChI is InChI=1S/C36H55NO5/c1-4-6-7-10-19-26-40-36-33(42-29-31-22-15-12-16-23-31)27-32(41-28-30-20-13-11-14-21-30)35(36)37(3)25-18-9-8-17-24-34(38)39-5-2/h11-16,20-23,32-33,35-36H,4-10,17-19,24-29H2,1-3H3/t32-,33+,35+,36+/m1/s1. The second kappa shape index (κ2) is 20.6. The highest BCUT2D eigenvalue weighted by Crippen LogP contribution is 2.33. The number of ether oxygens (including phenoxy) is 4. The van der Waals surface area contributed by atoms with E-state index in [2.05, 4.69) is 67.4 Å². The van der Waals surface area contributed by atoms with Gasteiger partial charge in [0.2, 0.25) is 0 Å². The summed E-state index contributed by atoms with van der Waals surface area (Å²) in [6.07, 6.45) is 11.4. The van der Waals surface area contributed by atoms with E-state index in [1.807, 2.05) is 19.1 Å². The summed E-state index contributed by atoms with van der Waals surface area (Å²) in [6, 6.07) is 20.9. The van der Waals surface area contributed by atoms with Gasteiger partial charge in [-0.05, 0) is 50.9 Å². The molecule has 0 aromatic heterocycles. The van der Waals surface area contributed by atoms with Crippen LogP contribution in [0.1, 0.15) is 95.6 Å². The zero-order chi connectivity index (χ0) is 29.8. The summed E-state index contributed by atoms with van der Waals surface area (Å²) in [6.45, 7) is 7.42. The second-order valence-electron chi connectivity index (χ2n) is 11.6. The Morgan fingerprint density at radius 2 is 1.33 bits per heavy atom. The molecule has 0 radical (unpaired) electrons. The van der Waals surface area contributed by atoms with Crippen LogP contribution in [0.4, 0.5) is 0 Å². The highest BCUT2D eigenvalue weighted by atomic mass is 16.6. The van der Waals surface area contributed by atoms with Crippen LogP contribution in [0.5, 0.6) is 0 Å². The quantitative estimate of drug-likeness (QED) is 0.105. The zero-order valence-corrected chi connectivity index (χ0v) is 26.4. The topological polar surface area (TPSA) is 57.2 Å². The molecule has 1 aliphatic carbocycles. The predicted octanol–water partition coefficient (Wildman–Crippen LogP) is 7.73. The maximum Gasteiger partial charge on any atom is 0.305 e. The number of hydrogen-bond donors (Lipinski definition) is 0. The highest BCUT2D eigenvalue weighted by Gasteiger charge is 2.47. The minimum Gasteiger partial charge on any atom is -0.466 e. The summed E-state index contributed by atoms with van der Waals surface area (Å²) in [5.41, 5.74) is 2.36. The van der Waals surface area contributed by atoms with E-state index in [1.54, 1.807) is 0 Å². The first-order valence-electron chi connectivity index (χ1n) is 16.4. The molecule has 6 heteroatoms. The van der Waals surface area contributed by atoms with Gasteiger partial charge in [-0.2, -0.15) is 0 Å². The SMILES string of the molecule is CCCCCCCO[C@@H]1[C@@H](N(C)CCCCCCC(=O)OCC)[C@H](OCc2ccccc2)C[C@@H]1OCc1ccccc1. The Morgan fingerprint density at radius 3 is 1.98 bits per heavy atom. The molecule has 1 fully saturated rings. The van der Waals surface area contributed by atoms with Crippen molar-refractivity contribution in [3.63, 3.8) is 0 Å². The van der Waals surface area contributed by atoms with Crippen LogP contribution in [0.25, 0.3) is 0 Å². The Balaban J connectivity index is 1.64. The van der Waals surface area contributed by atoms with Crippen molar-refractivity contribution in [2.45, 2.75) is 122 Å². The van der Waals surface area contributed by atoms with Gasteiger partial charge in [0.1, 0.15) is 6.10 Å². The molecule has 234 valence electrons. The monoisotopic (exact) mass is 581 g/mol. The maximum absolute atomic E-state index is 11.7. The van der Waals surface area contributed by atoms with Crippen molar-refractivity contribution in [3.05, 3.63) is 71.8 Å². The van der Waals surface area contributed by atoms with Crippen molar-refractivity contribution in [1.82, 2.24) is 4.90 Å². The van der Waals surface area contributed by atoms with E-state index in [-0.39, 0.29) is 30.3 Å². The fourth-order valence-electron chi connectivity index (χ4n) is 5.85. The maximum atomic E-state index is 11.7. The van der Waals surface area contributed by atoms with E-state index in [0.717, 1.165) is 51.7 Å². The van der Waals surface area contributed by atoms with Gasteiger partial charge in [0.15, 0.2) is 0 Å². The molecule has 2 aromatic rings. The Labute approximate surface area is 255 Å². The van der Waals surface area contributed by atoms with Crippen LogP contribution >= 0.6 is 0 Å². The highest BCUT2D eigenvalue weighted by molar-refractivity contribution is 5.69. The van der Waals surface area contributed by atoms with Gasteiger partial charge >= 0.3 is 5.97 Å². The largest absolute Gasteiger partial charge is 0.466 e. The van der Waals surface area contributed by atoms with Crippen molar-refractivity contribution in [1.29, 1.82) is 0 Å². The Hall–Kier alpha value is -2.25. The molecule has 6 nitrogen and oxygen atoms in total. The van der Waals surface area contributed by atoms with E-state index >= 15 is 0 Å². The number of rotatable bonds is 22. The molecular formula is C36H55NO5. The lowest BCUT2D eigenvalue weighted by molar-refractivity contribution is -0.143. The van der Waals surface area contributed by atoms with Crippen LogP contribution in [-0.2, 0) is 37.0 Å². The molecule has 0 N–H and O–H groups in total. The Morgan fingerprint density at radius 1 is 0.738 bits per heavy atom. The fraction of sp³-hybridized carbons (Fsp3) is 0.639.